The van der Waals surface area contributed by atoms with Crippen molar-refractivity contribution in [1.29, 1.82) is 0 Å². The normalized spacial score (nSPS) is 20.2. The Balaban J connectivity index is 1.53. The molecular formula is C29H39N3. The fourth-order valence-corrected chi connectivity index (χ4v) is 6.34. The quantitative estimate of drug-likeness (QED) is 0.440. The smallest absolute Gasteiger partial charge is 0.153 e. The van der Waals surface area contributed by atoms with Crippen molar-refractivity contribution < 1.29 is 0 Å². The molecule has 1 saturated heterocycles. The lowest BCUT2D eigenvalue weighted by atomic mass is 9.76. The van der Waals surface area contributed by atoms with Gasteiger partial charge in [0.05, 0.1) is 5.52 Å². The zero-order valence-electron chi connectivity index (χ0n) is 20.5. The zero-order valence-corrected chi connectivity index (χ0v) is 20.5. The first-order valence-electron chi connectivity index (χ1n) is 12.8. The maximum absolute atomic E-state index is 5.01. The molecule has 1 aliphatic heterocycles. The SMILES string of the molecule is Cc1ccc(C)c(Cn2c(C)c(C)c3ccnc(N4CCCC(C5CCCCC5)C4)c32)c1. The first-order chi connectivity index (χ1) is 15.5. The van der Waals surface area contributed by atoms with Gasteiger partial charge in [-0.25, -0.2) is 4.98 Å². The highest BCUT2D eigenvalue weighted by Crippen LogP contribution is 2.38. The van der Waals surface area contributed by atoms with Gasteiger partial charge in [0.1, 0.15) is 0 Å². The molecule has 3 heteroatoms. The number of benzene rings is 1. The molecular weight excluding hydrogens is 390 g/mol. The highest BCUT2D eigenvalue weighted by molar-refractivity contribution is 5.93. The Morgan fingerprint density at radius 3 is 2.50 bits per heavy atom. The van der Waals surface area contributed by atoms with Crippen LogP contribution in [0.25, 0.3) is 10.9 Å². The van der Waals surface area contributed by atoms with Crippen molar-refractivity contribution >= 4 is 16.7 Å². The predicted octanol–water partition coefficient (Wildman–Crippen LogP) is 7.11. The molecule has 1 atom stereocenters. The number of hydrogen-bond donors (Lipinski definition) is 0. The summed E-state index contributed by atoms with van der Waals surface area (Å²) in [5, 5.41) is 1.37. The average Bonchev–Trinajstić information content (AvgIpc) is 3.07. The molecule has 1 aromatic carbocycles. The fraction of sp³-hybridized carbons (Fsp3) is 0.552. The standard InChI is InChI=1S/C29H39N3/c1-20-12-13-21(2)26(17-20)19-32-23(4)22(3)27-14-15-30-29(28(27)32)31-16-8-11-25(18-31)24-9-6-5-7-10-24/h12-15,17,24-25H,5-11,16,18-19H2,1-4H3. The van der Waals surface area contributed by atoms with Crippen molar-refractivity contribution in [2.75, 3.05) is 18.0 Å². The number of aryl methyl sites for hydroxylation is 3. The molecule has 3 nitrogen and oxygen atoms in total. The van der Waals surface area contributed by atoms with E-state index in [0.717, 1.165) is 24.9 Å². The van der Waals surface area contributed by atoms with Crippen molar-refractivity contribution in [1.82, 2.24) is 9.55 Å². The molecule has 0 radical (unpaired) electrons. The molecule has 1 aliphatic carbocycles. The average molecular weight is 430 g/mol. The molecule has 32 heavy (non-hydrogen) atoms. The molecule has 0 spiro atoms. The van der Waals surface area contributed by atoms with Crippen LogP contribution in [0, 0.1) is 39.5 Å². The van der Waals surface area contributed by atoms with E-state index < -0.39 is 0 Å². The van der Waals surface area contributed by atoms with Crippen molar-refractivity contribution in [3.63, 3.8) is 0 Å². The van der Waals surface area contributed by atoms with E-state index in [-0.39, 0.29) is 0 Å². The van der Waals surface area contributed by atoms with Crippen LogP contribution in [0.5, 0.6) is 0 Å². The van der Waals surface area contributed by atoms with Gasteiger partial charge in [0.15, 0.2) is 5.82 Å². The number of nitrogens with zero attached hydrogens (tertiary/aromatic N) is 3. The number of aromatic nitrogens is 2. The first-order valence-corrected chi connectivity index (χ1v) is 12.8. The van der Waals surface area contributed by atoms with Crippen LogP contribution in [0.1, 0.15) is 72.9 Å². The van der Waals surface area contributed by atoms with Crippen molar-refractivity contribution in [3.8, 4) is 0 Å². The molecule has 2 aromatic heterocycles. The predicted molar refractivity (Wildman–Crippen MR) is 136 cm³/mol. The van der Waals surface area contributed by atoms with E-state index in [4.69, 9.17) is 4.98 Å². The van der Waals surface area contributed by atoms with E-state index in [1.165, 1.54) is 96.2 Å². The van der Waals surface area contributed by atoms with Crippen LogP contribution < -0.4 is 4.90 Å². The van der Waals surface area contributed by atoms with E-state index in [1.807, 2.05) is 6.20 Å². The Kier molecular flexibility index (Phi) is 6.01. The lowest BCUT2D eigenvalue weighted by molar-refractivity contribution is 0.220. The summed E-state index contributed by atoms with van der Waals surface area (Å²) >= 11 is 0. The number of rotatable bonds is 4. The van der Waals surface area contributed by atoms with E-state index in [1.54, 1.807) is 0 Å². The lowest BCUT2D eigenvalue weighted by Gasteiger charge is -2.39. The fourth-order valence-electron chi connectivity index (χ4n) is 6.34. The molecule has 0 amide bonds. The maximum atomic E-state index is 5.01. The van der Waals surface area contributed by atoms with Crippen molar-refractivity contribution in [3.05, 3.63) is 58.4 Å². The van der Waals surface area contributed by atoms with Gasteiger partial charge in [-0.05, 0) is 75.1 Å². The van der Waals surface area contributed by atoms with Crippen LogP contribution in [0.2, 0.25) is 0 Å². The molecule has 1 saturated carbocycles. The van der Waals surface area contributed by atoms with Gasteiger partial charge < -0.3 is 9.47 Å². The molecule has 3 aromatic rings. The zero-order chi connectivity index (χ0) is 22.2. The Bertz CT molecular complexity index is 1100. The minimum absolute atomic E-state index is 0.839. The van der Waals surface area contributed by atoms with Crippen LogP contribution in [-0.2, 0) is 6.54 Å². The maximum Gasteiger partial charge on any atom is 0.153 e. The summed E-state index contributed by atoms with van der Waals surface area (Å²) in [7, 11) is 0. The molecule has 2 fully saturated rings. The van der Waals surface area contributed by atoms with Gasteiger partial charge in [0.25, 0.3) is 0 Å². The second kappa shape index (κ2) is 8.92. The molecule has 1 unspecified atom stereocenters. The van der Waals surface area contributed by atoms with Crippen molar-refractivity contribution in [2.24, 2.45) is 11.8 Å². The molecule has 0 N–H and O–H groups in total. The van der Waals surface area contributed by atoms with E-state index >= 15 is 0 Å². The van der Waals surface area contributed by atoms with Crippen LogP contribution in [0.4, 0.5) is 5.82 Å². The van der Waals surface area contributed by atoms with Crippen LogP contribution in [0.3, 0.4) is 0 Å². The molecule has 170 valence electrons. The van der Waals surface area contributed by atoms with Crippen molar-refractivity contribution in [2.45, 2.75) is 79.2 Å². The summed E-state index contributed by atoms with van der Waals surface area (Å²) in [6, 6.07) is 9.06. The molecule has 3 heterocycles. The van der Waals surface area contributed by atoms with Gasteiger partial charge in [-0.15, -0.1) is 0 Å². The van der Waals surface area contributed by atoms with Gasteiger partial charge in [0.2, 0.25) is 0 Å². The molecule has 0 bridgehead atoms. The summed E-state index contributed by atoms with van der Waals surface area (Å²) < 4.78 is 2.54. The highest BCUT2D eigenvalue weighted by atomic mass is 15.2. The van der Waals surface area contributed by atoms with Crippen LogP contribution in [-0.4, -0.2) is 22.6 Å². The Morgan fingerprint density at radius 1 is 0.906 bits per heavy atom. The summed E-state index contributed by atoms with van der Waals surface area (Å²) in [5.74, 6) is 2.98. The third-order valence-corrected chi connectivity index (χ3v) is 8.43. The Morgan fingerprint density at radius 2 is 1.69 bits per heavy atom. The third-order valence-electron chi connectivity index (χ3n) is 8.43. The van der Waals surface area contributed by atoms with E-state index in [2.05, 4.69) is 61.4 Å². The third kappa shape index (κ3) is 3.95. The Hall–Kier alpha value is -2.29. The van der Waals surface area contributed by atoms with E-state index in [0.29, 0.717) is 0 Å². The molecule has 5 rings (SSSR count). The lowest BCUT2D eigenvalue weighted by Crippen LogP contribution is -2.39. The van der Waals surface area contributed by atoms with Gasteiger partial charge in [-0.2, -0.15) is 0 Å². The number of piperidine rings is 1. The monoisotopic (exact) mass is 429 g/mol. The van der Waals surface area contributed by atoms with Gasteiger partial charge in [-0.3, -0.25) is 0 Å². The van der Waals surface area contributed by atoms with E-state index in [9.17, 15) is 0 Å². The van der Waals surface area contributed by atoms with Gasteiger partial charge in [0, 0.05) is 36.9 Å². The summed E-state index contributed by atoms with van der Waals surface area (Å²) in [6.45, 7) is 12.2. The summed E-state index contributed by atoms with van der Waals surface area (Å²) in [5.41, 5.74) is 8.23. The number of anilines is 1. The topological polar surface area (TPSA) is 21.1 Å². The highest BCUT2D eigenvalue weighted by Gasteiger charge is 2.30. The number of hydrogen-bond acceptors (Lipinski definition) is 2. The number of pyridine rings is 1. The Labute approximate surface area is 193 Å². The first kappa shape index (κ1) is 21.6. The second-order valence-electron chi connectivity index (χ2n) is 10.5. The second-order valence-corrected chi connectivity index (χ2v) is 10.5. The summed E-state index contributed by atoms with van der Waals surface area (Å²) in [6.07, 6.45) is 11.9. The summed E-state index contributed by atoms with van der Waals surface area (Å²) in [4.78, 5) is 7.64. The number of fused-ring (bicyclic) bond motifs is 1. The van der Waals surface area contributed by atoms with Crippen LogP contribution >= 0.6 is 0 Å². The van der Waals surface area contributed by atoms with Gasteiger partial charge >= 0.3 is 0 Å². The minimum atomic E-state index is 0.839. The van der Waals surface area contributed by atoms with Gasteiger partial charge in [-0.1, -0.05) is 55.9 Å². The molecule has 2 aliphatic rings. The van der Waals surface area contributed by atoms with Crippen LogP contribution in [0.15, 0.2) is 30.5 Å². The largest absolute Gasteiger partial charge is 0.355 e. The minimum Gasteiger partial charge on any atom is -0.355 e.